The molecular weight excluding hydrogens is 252 g/mol. The van der Waals surface area contributed by atoms with Gasteiger partial charge in [0.25, 0.3) is 0 Å². The van der Waals surface area contributed by atoms with Gasteiger partial charge in [0.2, 0.25) is 0 Å². The number of hydrogen-bond acceptors (Lipinski definition) is 5. The Morgan fingerprint density at radius 2 is 2.28 bits per heavy atom. The van der Waals surface area contributed by atoms with E-state index in [2.05, 4.69) is 16.0 Å². The van der Waals surface area contributed by atoms with Gasteiger partial charge < -0.3 is 4.90 Å². The number of nitriles is 1. The fourth-order valence-corrected chi connectivity index (χ4v) is 2.12. The van der Waals surface area contributed by atoms with Gasteiger partial charge in [-0.25, -0.2) is 9.97 Å². The van der Waals surface area contributed by atoms with Crippen molar-refractivity contribution in [3.05, 3.63) is 16.5 Å². The monoisotopic (exact) mass is 264 g/mol. The van der Waals surface area contributed by atoms with E-state index in [4.69, 9.17) is 16.9 Å². The minimum atomic E-state index is 0.176. The van der Waals surface area contributed by atoms with E-state index in [1.54, 1.807) is 6.92 Å². The fourth-order valence-electron chi connectivity index (χ4n) is 1.87. The van der Waals surface area contributed by atoms with Gasteiger partial charge in [0.1, 0.15) is 16.8 Å². The Bertz CT molecular complexity index is 508. The SMILES string of the molecule is Cc1nc(Cl)c(C=O)c(N(CCC#N)C2CC2)n1. The Hall–Kier alpha value is -1.67. The molecule has 1 aliphatic rings. The van der Waals surface area contributed by atoms with Crippen molar-refractivity contribution in [2.45, 2.75) is 32.2 Å². The number of anilines is 1. The van der Waals surface area contributed by atoms with Gasteiger partial charge in [-0.3, -0.25) is 4.79 Å². The van der Waals surface area contributed by atoms with E-state index in [0.717, 1.165) is 12.8 Å². The van der Waals surface area contributed by atoms with Gasteiger partial charge in [-0.1, -0.05) is 11.6 Å². The topological polar surface area (TPSA) is 69.9 Å². The highest BCUT2D eigenvalue weighted by Gasteiger charge is 2.32. The summed E-state index contributed by atoms with van der Waals surface area (Å²) in [7, 11) is 0. The molecule has 1 aliphatic carbocycles. The first-order valence-electron chi connectivity index (χ1n) is 5.80. The molecule has 0 amide bonds. The van der Waals surface area contributed by atoms with Crippen molar-refractivity contribution < 1.29 is 4.79 Å². The van der Waals surface area contributed by atoms with Crippen molar-refractivity contribution in [3.63, 3.8) is 0 Å². The molecule has 0 N–H and O–H groups in total. The van der Waals surface area contributed by atoms with Crippen LogP contribution in [0.2, 0.25) is 5.15 Å². The van der Waals surface area contributed by atoms with Crippen LogP contribution in [0.15, 0.2) is 0 Å². The van der Waals surface area contributed by atoms with Crippen LogP contribution in [0.25, 0.3) is 0 Å². The van der Waals surface area contributed by atoms with E-state index < -0.39 is 0 Å². The summed E-state index contributed by atoms with van der Waals surface area (Å²) < 4.78 is 0. The van der Waals surface area contributed by atoms with E-state index in [0.29, 0.717) is 42.5 Å². The van der Waals surface area contributed by atoms with Gasteiger partial charge in [0, 0.05) is 12.6 Å². The molecule has 94 valence electrons. The Morgan fingerprint density at radius 1 is 1.56 bits per heavy atom. The number of carbonyl (C=O) groups is 1. The molecule has 0 bridgehead atoms. The third kappa shape index (κ3) is 2.59. The lowest BCUT2D eigenvalue weighted by Crippen LogP contribution is -2.29. The highest BCUT2D eigenvalue weighted by Crippen LogP contribution is 2.33. The predicted octanol–water partition coefficient (Wildman–Crippen LogP) is 2.13. The summed E-state index contributed by atoms with van der Waals surface area (Å²) in [5.41, 5.74) is 0.312. The molecule has 1 heterocycles. The van der Waals surface area contributed by atoms with Gasteiger partial charge in [0.15, 0.2) is 6.29 Å². The molecule has 6 heteroatoms. The van der Waals surface area contributed by atoms with Crippen LogP contribution in [0.3, 0.4) is 0 Å². The third-order valence-corrected chi connectivity index (χ3v) is 3.12. The van der Waals surface area contributed by atoms with E-state index in [1.165, 1.54) is 0 Å². The highest BCUT2D eigenvalue weighted by atomic mass is 35.5. The lowest BCUT2D eigenvalue weighted by atomic mass is 10.2. The molecule has 18 heavy (non-hydrogen) atoms. The molecule has 1 fully saturated rings. The quantitative estimate of drug-likeness (QED) is 0.602. The number of carbonyl (C=O) groups excluding carboxylic acids is 1. The molecule has 0 saturated heterocycles. The molecule has 0 radical (unpaired) electrons. The minimum absolute atomic E-state index is 0.176. The summed E-state index contributed by atoms with van der Waals surface area (Å²) >= 11 is 5.96. The van der Waals surface area contributed by atoms with Crippen LogP contribution < -0.4 is 4.90 Å². The maximum absolute atomic E-state index is 11.1. The molecule has 1 saturated carbocycles. The molecule has 0 aliphatic heterocycles. The van der Waals surface area contributed by atoms with E-state index in [-0.39, 0.29) is 5.15 Å². The number of halogens is 1. The smallest absolute Gasteiger partial charge is 0.156 e. The number of aryl methyl sites for hydroxylation is 1. The van der Waals surface area contributed by atoms with Crippen LogP contribution in [0.5, 0.6) is 0 Å². The molecule has 0 unspecified atom stereocenters. The van der Waals surface area contributed by atoms with Gasteiger partial charge in [0.05, 0.1) is 18.1 Å². The average Bonchev–Trinajstić information content (AvgIpc) is 3.13. The first kappa shape index (κ1) is 12.8. The number of nitrogens with zero attached hydrogens (tertiary/aromatic N) is 4. The van der Waals surface area contributed by atoms with Crippen molar-refractivity contribution in [2.75, 3.05) is 11.4 Å². The molecule has 5 nitrogen and oxygen atoms in total. The molecule has 2 rings (SSSR count). The molecule has 1 aromatic rings. The summed E-state index contributed by atoms with van der Waals surface area (Å²) in [6.07, 6.45) is 3.20. The normalized spacial score (nSPS) is 14.1. The summed E-state index contributed by atoms with van der Waals surface area (Å²) in [5.74, 6) is 1.09. The summed E-state index contributed by atoms with van der Waals surface area (Å²) in [6.45, 7) is 2.30. The van der Waals surface area contributed by atoms with E-state index in [9.17, 15) is 4.79 Å². The lowest BCUT2D eigenvalue weighted by Gasteiger charge is -2.24. The fraction of sp³-hybridized carbons (Fsp3) is 0.500. The second-order valence-electron chi connectivity index (χ2n) is 4.25. The van der Waals surface area contributed by atoms with Crippen LogP contribution in [0.4, 0.5) is 5.82 Å². The summed E-state index contributed by atoms with van der Waals surface area (Å²) in [4.78, 5) is 21.4. The molecule has 0 aromatic carbocycles. The third-order valence-electron chi connectivity index (χ3n) is 2.83. The first-order valence-corrected chi connectivity index (χ1v) is 6.18. The molecule has 0 spiro atoms. The largest absolute Gasteiger partial charge is 0.352 e. The Labute approximate surface area is 110 Å². The standard InChI is InChI=1S/C12H13ClN4O/c1-8-15-11(13)10(7-18)12(16-8)17(6-2-5-14)9-3-4-9/h7,9H,2-4,6H2,1H3. The highest BCUT2D eigenvalue weighted by molar-refractivity contribution is 6.32. The van der Waals surface area contributed by atoms with Gasteiger partial charge >= 0.3 is 0 Å². The van der Waals surface area contributed by atoms with Crippen molar-refractivity contribution in [1.29, 1.82) is 5.26 Å². The number of aromatic nitrogens is 2. The second kappa shape index (κ2) is 5.32. The van der Waals surface area contributed by atoms with Gasteiger partial charge in [-0.05, 0) is 19.8 Å². The molecule has 1 aromatic heterocycles. The van der Waals surface area contributed by atoms with Crippen LogP contribution >= 0.6 is 11.6 Å². The van der Waals surface area contributed by atoms with Crippen molar-refractivity contribution in [2.24, 2.45) is 0 Å². The van der Waals surface area contributed by atoms with Crippen molar-refractivity contribution >= 4 is 23.7 Å². The maximum atomic E-state index is 11.1. The van der Waals surface area contributed by atoms with Crippen molar-refractivity contribution in [1.82, 2.24) is 9.97 Å². The number of aldehydes is 1. The van der Waals surface area contributed by atoms with Crippen LogP contribution in [0.1, 0.15) is 35.4 Å². The van der Waals surface area contributed by atoms with Gasteiger partial charge in [-0.15, -0.1) is 0 Å². The van der Waals surface area contributed by atoms with E-state index >= 15 is 0 Å². The minimum Gasteiger partial charge on any atom is -0.352 e. The van der Waals surface area contributed by atoms with Crippen LogP contribution in [-0.2, 0) is 0 Å². The second-order valence-corrected chi connectivity index (χ2v) is 4.61. The summed E-state index contributed by atoms with van der Waals surface area (Å²) in [5, 5.41) is 8.87. The number of rotatable bonds is 5. The number of hydrogen-bond donors (Lipinski definition) is 0. The lowest BCUT2D eigenvalue weighted by molar-refractivity contribution is 0.112. The Kier molecular flexibility index (Phi) is 3.78. The Balaban J connectivity index is 2.39. The zero-order chi connectivity index (χ0) is 13.1. The maximum Gasteiger partial charge on any atom is 0.156 e. The van der Waals surface area contributed by atoms with Crippen LogP contribution in [0, 0.1) is 18.3 Å². The van der Waals surface area contributed by atoms with Gasteiger partial charge in [-0.2, -0.15) is 5.26 Å². The zero-order valence-electron chi connectivity index (χ0n) is 10.1. The predicted molar refractivity (Wildman–Crippen MR) is 67.8 cm³/mol. The molecule has 0 atom stereocenters. The van der Waals surface area contributed by atoms with Crippen molar-refractivity contribution in [3.8, 4) is 6.07 Å². The van der Waals surface area contributed by atoms with Crippen LogP contribution in [-0.4, -0.2) is 28.8 Å². The molecular formula is C12H13ClN4O. The summed E-state index contributed by atoms with van der Waals surface area (Å²) in [6, 6.07) is 2.47. The Morgan fingerprint density at radius 3 is 2.83 bits per heavy atom. The van der Waals surface area contributed by atoms with E-state index in [1.807, 2.05) is 4.90 Å². The average molecular weight is 265 g/mol. The first-order chi connectivity index (χ1) is 8.67. The zero-order valence-corrected chi connectivity index (χ0v) is 10.8.